The highest BCUT2D eigenvalue weighted by Crippen LogP contribution is 2.33. The molecule has 0 N–H and O–H groups in total. The fourth-order valence-electron chi connectivity index (χ4n) is 3.70. The van der Waals surface area contributed by atoms with Gasteiger partial charge < -0.3 is 9.47 Å². The van der Waals surface area contributed by atoms with E-state index in [-0.39, 0.29) is 5.56 Å². The molecule has 0 amide bonds. The SMILES string of the molecule is Cn1ccnc(N2CC3CC2CN3Cc2ccccc2)c1=O. The number of anilines is 1. The Kier molecular flexibility index (Phi) is 3.22. The van der Waals surface area contributed by atoms with E-state index in [2.05, 4.69) is 45.1 Å². The Morgan fingerprint density at radius 3 is 2.73 bits per heavy atom. The highest BCUT2D eigenvalue weighted by Gasteiger charge is 2.44. The zero-order valence-corrected chi connectivity index (χ0v) is 12.7. The number of rotatable bonds is 3. The van der Waals surface area contributed by atoms with Gasteiger partial charge in [-0.05, 0) is 12.0 Å². The van der Waals surface area contributed by atoms with Gasteiger partial charge in [-0.1, -0.05) is 30.3 Å². The summed E-state index contributed by atoms with van der Waals surface area (Å²) in [7, 11) is 1.78. The molecule has 1 aromatic heterocycles. The number of fused-ring (bicyclic) bond motifs is 2. The Hall–Kier alpha value is -2.14. The summed E-state index contributed by atoms with van der Waals surface area (Å²) in [5.74, 6) is 0.608. The lowest BCUT2D eigenvalue weighted by Gasteiger charge is -2.34. The van der Waals surface area contributed by atoms with Crippen LogP contribution in [0.15, 0.2) is 47.5 Å². The smallest absolute Gasteiger partial charge is 0.293 e. The molecule has 2 aliphatic heterocycles. The summed E-state index contributed by atoms with van der Waals surface area (Å²) in [5.41, 5.74) is 1.36. The minimum absolute atomic E-state index is 0.00431. The molecule has 2 bridgehead atoms. The Balaban J connectivity index is 1.50. The third-order valence-corrected chi connectivity index (χ3v) is 4.85. The molecule has 2 aromatic rings. The van der Waals surface area contributed by atoms with E-state index < -0.39 is 0 Å². The van der Waals surface area contributed by atoms with Crippen LogP contribution in [-0.2, 0) is 13.6 Å². The van der Waals surface area contributed by atoms with Crippen LogP contribution in [0.2, 0.25) is 0 Å². The minimum Gasteiger partial charge on any atom is -0.346 e. The van der Waals surface area contributed by atoms with E-state index in [9.17, 15) is 4.79 Å². The van der Waals surface area contributed by atoms with Gasteiger partial charge >= 0.3 is 0 Å². The molecule has 3 heterocycles. The topological polar surface area (TPSA) is 41.4 Å². The van der Waals surface area contributed by atoms with Gasteiger partial charge in [-0.25, -0.2) is 4.98 Å². The zero-order chi connectivity index (χ0) is 15.1. The summed E-state index contributed by atoms with van der Waals surface area (Å²) in [6.07, 6.45) is 4.55. The van der Waals surface area contributed by atoms with E-state index in [1.165, 1.54) is 5.56 Å². The van der Waals surface area contributed by atoms with Crippen LogP contribution in [0, 0.1) is 0 Å². The van der Waals surface area contributed by atoms with Crippen molar-refractivity contribution in [1.82, 2.24) is 14.5 Å². The molecule has 0 saturated carbocycles. The van der Waals surface area contributed by atoms with Gasteiger partial charge in [-0.15, -0.1) is 0 Å². The summed E-state index contributed by atoms with van der Waals surface area (Å²) < 4.78 is 1.61. The van der Waals surface area contributed by atoms with E-state index in [0.29, 0.717) is 17.9 Å². The Morgan fingerprint density at radius 1 is 1.18 bits per heavy atom. The van der Waals surface area contributed by atoms with Crippen LogP contribution in [0.1, 0.15) is 12.0 Å². The van der Waals surface area contributed by atoms with Crippen LogP contribution in [0.25, 0.3) is 0 Å². The van der Waals surface area contributed by atoms with Crippen molar-refractivity contribution < 1.29 is 0 Å². The van der Waals surface area contributed by atoms with Gasteiger partial charge in [-0.2, -0.15) is 0 Å². The fraction of sp³-hybridized carbons (Fsp3) is 0.412. The molecule has 114 valence electrons. The maximum Gasteiger partial charge on any atom is 0.293 e. The van der Waals surface area contributed by atoms with Crippen LogP contribution in [-0.4, -0.2) is 39.6 Å². The van der Waals surface area contributed by atoms with Crippen LogP contribution in [0.5, 0.6) is 0 Å². The van der Waals surface area contributed by atoms with E-state index in [0.717, 1.165) is 26.1 Å². The highest BCUT2D eigenvalue weighted by molar-refractivity contribution is 5.41. The Bertz CT molecular complexity index is 727. The van der Waals surface area contributed by atoms with Crippen molar-refractivity contribution in [3.63, 3.8) is 0 Å². The molecule has 2 fully saturated rings. The molecule has 2 saturated heterocycles. The van der Waals surface area contributed by atoms with Gasteiger partial charge in [0.15, 0.2) is 5.82 Å². The Labute approximate surface area is 129 Å². The van der Waals surface area contributed by atoms with Gasteiger partial charge in [0.1, 0.15) is 0 Å². The highest BCUT2D eigenvalue weighted by atomic mass is 16.1. The summed E-state index contributed by atoms with van der Waals surface area (Å²) in [5, 5.41) is 0. The number of nitrogens with zero attached hydrogens (tertiary/aromatic N) is 4. The van der Waals surface area contributed by atoms with Crippen LogP contribution >= 0.6 is 0 Å². The van der Waals surface area contributed by atoms with Crippen LogP contribution < -0.4 is 10.5 Å². The number of aryl methyl sites for hydroxylation is 1. The number of benzene rings is 1. The lowest BCUT2D eigenvalue weighted by Crippen LogP contribution is -2.48. The van der Waals surface area contributed by atoms with Crippen molar-refractivity contribution in [2.24, 2.45) is 7.05 Å². The van der Waals surface area contributed by atoms with Gasteiger partial charge in [0.05, 0.1) is 0 Å². The van der Waals surface area contributed by atoms with E-state index in [1.54, 1.807) is 24.0 Å². The van der Waals surface area contributed by atoms with Crippen molar-refractivity contribution in [2.75, 3.05) is 18.0 Å². The lowest BCUT2D eigenvalue weighted by molar-refractivity contribution is 0.230. The maximum absolute atomic E-state index is 12.2. The summed E-state index contributed by atoms with van der Waals surface area (Å²) in [6.45, 7) is 2.92. The van der Waals surface area contributed by atoms with Gasteiger partial charge in [0, 0.05) is 51.2 Å². The summed E-state index contributed by atoms with van der Waals surface area (Å²) >= 11 is 0. The largest absolute Gasteiger partial charge is 0.346 e. The number of hydrogen-bond donors (Lipinski definition) is 0. The molecule has 0 spiro atoms. The predicted molar refractivity (Wildman–Crippen MR) is 85.9 cm³/mol. The normalized spacial score (nSPS) is 24.1. The zero-order valence-electron chi connectivity index (χ0n) is 12.7. The van der Waals surface area contributed by atoms with Crippen molar-refractivity contribution >= 4 is 5.82 Å². The fourth-order valence-corrected chi connectivity index (χ4v) is 3.70. The second-order valence-corrected chi connectivity index (χ2v) is 6.28. The maximum atomic E-state index is 12.2. The van der Waals surface area contributed by atoms with Crippen molar-refractivity contribution in [2.45, 2.75) is 25.0 Å². The molecule has 22 heavy (non-hydrogen) atoms. The second-order valence-electron chi connectivity index (χ2n) is 6.28. The molecule has 0 aliphatic carbocycles. The molecule has 2 atom stereocenters. The minimum atomic E-state index is 0.00431. The van der Waals surface area contributed by atoms with Crippen molar-refractivity contribution in [1.29, 1.82) is 0 Å². The number of piperazine rings is 1. The van der Waals surface area contributed by atoms with Crippen LogP contribution in [0.3, 0.4) is 0 Å². The summed E-state index contributed by atoms with van der Waals surface area (Å²) in [4.78, 5) is 21.3. The first-order chi connectivity index (χ1) is 10.7. The van der Waals surface area contributed by atoms with Gasteiger partial charge in [0.25, 0.3) is 5.56 Å². The molecule has 1 aromatic carbocycles. The molecule has 0 radical (unpaired) electrons. The predicted octanol–water partition coefficient (Wildman–Crippen LogP) is 1.24. The molecule has 5 nitrogen and oxygen atoms in total. The third kappa shape index (κ3) is 2.22. The van der Waals surface area contributed by atoms with E-state index in [4.69, 9.17) is 0 Å². The van der Waals surface area contributed by atoms with Gasteiger partial charge in [0.2, 0.25) is 0 Å². The molecular weight excluding hydrogens is 276 g/mol. The lowest BCUT2D eigenvalue weighted by atomic mass is 10.2. The first-order valence-electron chi connectivity index (χ1n) is 7.78. The third-order valence-electron chi connectivity index (χ3n) is 4.85. The summed E-state index contributed by atoms with van der Waals surface area (Å²) in [6, 6.07) is 11.5. The molecular formula is C17H20N4O. The quantitative estimate of drug-likeness (QED) is 0.855. The number of likely N-dealkylation sites (tertiary alicyclic amines) is 1. The molecule has 5 heteroatoms. The van der Waals surface area contributed by atoms with E-state index in [1.807, 2.05) is 0 Å². The van der Waals surface area contributed by atoms with Crippen molar-refractivity contribution in [3.05, 3.63) is 58.6 Å². The van der Waals surface area contributed by atoms with E-state index >= 15 is 0 Å². The van der Waals surface area contributed by atoms with Crippen LogP contribution in [0.4, 0.5) is 5.82 Å². The number of hydrogen-bond acceptors (Lipinski definition) is 4. The monoisotopic (exact) mass is 296 g/mol. The Morgan fingerprint density at radius 2 is 2.00 bits per heavy atom. The molecule has 2 aliphatic rings. The second kappa shape index (κ2) is 5.25. The van der Waals surface area contributed by atoms with Crippen molar-refractivity contribution in [3.8, 4) is 0 Å². The molecule has 4 rings (SSSR count). The molecule has 2 unspecified atom stereocenters. The first kappa shape index (κ1) is 13.5. The van der Waals surface area contributed by atoms with Gasteiger partial charge in [-0.3, -0.25) is 9.69 Å². The standard InChI is InChI=1S/C17H20N4O/c1-19-8-7-18-16(17(19)22)21-12-14-9-15(21)11-20(14)10-13-5-3-2-4-6-13/h2-8,14-15H,9-12H2,1H3. The average molecular weight is 296 g/mol. The first-order valence-corrected chi connectivity index (χ1v) is 7.78. The number of aromatic nitrogens is 2. The average Bonchev–Trinajstić information content (AvgIpc) is 3.11.